The van der Waals surface area contributed by atoms with Crippen molar-refractivity contribution in [2.45, 2.75) is 25.0 Å². The first kappa shape index (κ1) is 15.4. The van der Waals surface area contributed by atoms with E-state index in [-0.39, 0.29) is 13.0 Å². The summed E-state index contributed by atoms with van der Waals surface area (Å²) >= 11 is 0. The normalized spacial score (nSPS) is 22.9. The van der Waals surface area contributed by atoms with Crippen LogP contribution in [-0.4, -0.2) is 67.3 Å². The van der Waals surface area contributed by atoms with E-state index in [1.165, 1.54) is 14.2 Å². The first-order chi connectivity index (χ1) is 8.97. The van der Waals surface area contributed by atoms with Crippen LogP contribution >= 0.6 is 0 Å². The first-order valence-corrected chi connectivity index (χ1v) is 5.99. The number of ether oxygens (including phenoxy) is 1. The van der Waals surface area contributed by atoms with Crippen molar-refractivity contribution >= 4 is 17.9 Å². The zero-order valence-electron chi connectivity index (χ0n) is 11.0. The summed E-state index contributed by atoms with van der Waals surface area (Å²) in [5, 5.41) is 13.9. The number of hydrogen-bond acceptors (Lipinski definition) is 6. The van der Waals surface area contributed by atoms with E-state index in [1.807, 2.05) is 0 Å². The SMILES string of the molecule is CNC(=O)NC(=O)CCN1CC(O)CC1C(=O)OC. The minimum absolute atomic E-state index is 0.0631. The zero-order chi connectivity index (χ0) is 14.4. The van der Waals surface area contributed by atoms with Crippen LogP contribution in [0.2, 0.25) is 0 Å². The van der Waals surface area contributed by atoms with Gasteiger partial charge in [0.2, 0.25) is 5.91 Å². The molecular weight excluding hydrogens is 254 g/mol. The lowest BCUT2D eigenvalue weighted by atomic mass is 10.2. The molecule has 8 nitrogen and oxygen atoms in total. The molecule has 0 spiro atoms. The fourth-order valence-corrected chi connectivity index (χ4v) is 2.00. The molecule has 0 aromatic heterocycles. The zero-order valence-corrected chi connectivity index (χ0v) is 11.0. The van der Waals surface area contributed by atoms with E-state index in [0.717, 1.165) is 0 Å². The van der Waals surface area contributed by atoms with Crippen LogP contribution in [-0.2, 0) is 14.3 Å². The summed E-state index contributed by atoms with van der Waals surface area (Å²) in [6, 6.07) is -1.11. The molecule has 19 heavy (non-hydrogen) atoms. The van der Waals surface area contributed by atoms with Gasteiger partial charge in [-0.2, -0.15) is 0 Å². The second-order valence-corrected chi connectivity index (χ2v) is 4.30. The number of urea groups is 1. The lowest BCUT2D eigenvalue weighted by Gasteiger charge is -2.21. The highest BCUT2D eigenvalue weighted by atomic mass is 16.5. The molecule has 1 rings (SSSR count). The van der Waals surface area contributed by atoms with E-state index >= 15 is 0 Å². The quantitative estimate of drug-likeness (QED) is 0.535. The number of carbonyl (C=O) groups is 3. The number of carbonyl (C=O) groups excluding carboxylic acids is 3. The topological polar surface area (TPSA) is 108 Å². The van der Waals surface area contributed by atoms with Gasteiger partial charge in [0, 0.05) is 33.0 Å². The summed E-state index contributed by atoms with van der Waals surface area (Å²) in [6.07, 6.45) is -0.247. The van der Waals surface area contributed by atoms with Crippen LogP contribution in [0.15, 0.2) is 0 Å². The predicted octanol–water partition coefficient (Wildman–Crippen LogP) is -1.56. The minimum Gasteiger partial charge on any atom is -0.468 e. The minimum atomic E-state index is -0.605. The average Bonchev–Trinajstić information content (AvgIpc) is 2.76. The largest absolute Gasteiger partial charge is 0.468 e. The Morgan fingerprint density at radius 2 is 2.11 bits per heavy atom. The summed E-state index contributed by atoms with van der Waals surface area (Å²) < 4.78 is 4.65. The average molecular weight is 273 g/mol. The van der Waals surface area contributed by atoms with E-state index in [9.17, 15) is 19.5 Å². The Morgan fingerprint density at radius 1 is 1.42 bits per heavy atom. The van der Waals surface area contributed by atoms with Crippen LogP contribution in [0.25, 0.3) is 0 Å². The molecule has 0 aromatic rings. The number of aliphatic hydroxyl groups excluding tert-OH is 1. The van der Waals surface area contributed by atoms with Gasteiger partial charge in [0.25, 0.3) is 0 Å². The Kier molecular flexibility index (Phi) is 5.71. The van der Waals surface area contributed by atoms with Crippen LogP contribution in [0.5, 0.6) is 0 Å². The predicted molar refractivity (Wildman–Crippen MR) is 65.2 cm³/mol. The van der Waals surface area contributed by atoms with Gasteiger partial charge >= 0.3 is 12.0 Å². The molecule has 0 saturated carbocycles. The van der Waals surface area contributed by atoms with Crippen molar-refractivity contribution in [3.05, 3.63) is 0 Å². The molecule has 0 aromatic carbocycles. The number of esters is 1. The molecule has 0 bridgehead atoms. The van der Waals surface area contributed by atoms with Crippen molar-refractivity contribution in [1.29, 1.82) is 0 Å². The van der Waals surface area contributed by atoms with Crippen LogP contribution in [0.1, 0.15) is 12.8 Å². The number of β-amino-alcohol motifs (C(OH)–C–C–N with tert-alkyl or cyclic N) is 1. The molecular formula is C11H19N3O5. The molecule has 0 radical (unpaired) electrons. The summed E-state index contributed by atoms with van der Waals surface area (Å²) in [7, 11) is 2.69. The Balaban J connectivity index is 2.44. The van der Waals surface area contributed by atoms with Crippen molar-refractivity contribution in [2.75, 3.05) is 27.2 Å². The fraction of sp³-hybridized carbons (Fsp3) is 0.727. The number of rotatable bonds is 4. The van der Waals surface area contributed by atoms with Crippen LogP contribution in [0.3, 0.4) is 0 Å². The monoisotopic (exact) mass is 273 g/mol. The number of imide groups is 1. The summed E-state index contributed by atoms with van der Waals surface area (Å²) in [5.74, 6) is -0.868. The van der Waals surface area contributed by atoms with Gasteiger partial charge < -0.3 is 15.2 Å². The highest BCUT2D eigenvalue weighted by Crippen LogP contribution is 2.19. The molecule has 3 N–H and O–H groups in total. The molecule has 1 saturated heterocycles. The van der Waals surface area contributed by atoms with E-state index < -0.39 is 30.1 Å². The van der Waals surface area contributed by atoms with Crippen LogP contribution in [0, 0.1) is 0 Å². The van der Waals surface area contributed by atoms with E-state index in [0.29, 0.717) is 13.0 Å². The Bertz CT molecular complexity index is 360. The van der Waals surface area contributed by atoms with E-state index in [4.69, 9.17) is 0 Å². The third-order valence-corrected chi connectivity index (χ3v) is 2.96. The van der Waals surface area contributed by atoms with Crippen molar-refractivity contribution in [3.63, 3.8) is 0 Å². The third kappa shape index (κ3) is 4.49. The lowest BCUT2D eigenvalue weighted by molar-refractivity contribution is -0.146. The second-order valence-electron chi connectivity index (χ2n) is 4.30. The van der Waals surface area contributed by atoms with Gasteiger partial charge in [0.1, 0.15) is 6.04 Å². The van der Waals surface area contributed by atoms with Gasteiger partial charge in [0.05, 0.1) is 13.2 Å². The van der Waals surface area contributed by atoms with Gasteiger partial charge in [0.15, 0.2) is 0 Å². The van der Waals surface area contributed by atoms with Gasteiger partial charge in [-0.25, -0.2) is 4.79 Å². The van der Waals surface area contributed by atoms with Crippen LogP contribution < -0.4 is 10.6 Å². The molecule has 2 unspecified atom stereocenters. The van der Waals surface area contributed by atoms with Gasteiger partial charge in [-0.3, -0.25) is 19.8 Å². The van der Waals surface area contributed by atoms with E-state index in [1.54, 1.807) is 4.90 Å². The molecule has 2 atom stereocenters. The summed E-state index contributed by atoms with van der Waals surface area (Å²) in [5.41, 5.74) is 0. The lowest BCUT2D eigenvalue weighted by Crippen LogP contribution is -2.41. The molecule has 1 fully saturated rings. The number of amides is 3. The number of nitrogens with one attached hydrogen (secondary N) is 2. The van der Waals surface area contributed by atoms with Gasteiger partial charge in [-0.1, -0.05) is 0 Å². The maximum atomic E-state index is 11.5. The molecule has 1 aliphatic heterocycles. The summed E-state index contributed by atoms with van der Waals surface area (Å²) in [6.45, 7) is 0.590. The Hall–Kier alpha value is -1.67. The Labute approximate surface area is 111 Å². The van der Waals surface area contributed by atoms with Crippen molar-refractivity contribution in [3.8, 4) is 0 Å². The third-order valence-electron chi connectivity index (χ3n) is 2.96. The van der Waals surface area contributed by atoms with Crippen molar-refractivity contribution in [2.24, 2.45) is 0 Å². The molecule has 108 valence electrons. The highest BCUT2D eigenvalue weighted by Gasteiger charge is 2.36. The standard InChI is InChI=1S/C11H19N3O5/c1-12-11(18)13-9(16)3-4-14-6-7(15)5-8(14)10(17)19-2/h7-8,15H,3-6H2,1-2H3,(H2,12,13,16,18). The first-order valence-electron chi connectivity index (χ1n) is 5.99. The van der Waals surface area contributed by atoms with Gasteiger partial charge in [-0.15, -0.1) is 0 Å². The van der Waals surface area contributed by atoms with Crippen molar-refractivity contribution in [1.82, 2.24) is 15.5 Å². The second kappa shape index (κ2) is 7.05. The molecule has 3 amide bonds. The fourth-order valence-electron chi connectivity index (χ4n) is 2.00. The van der Waals surface area contributed by atoms with Gasteiger partial charge in [-0.05, 0) is 0 Å². The molecule has 1 aliphatic rings. The highest BCUT2D eigenvalue weighted by molar-refractivity contribution is 5.94. The van der Waals surface area contributed by atoms with E-state index in [2.05, 4.69) is 15.4 Å². The number of aliphatic hydroxyl groups is 1. The number of hydrogen-bond donors (Lipinski definition) is 3. The molecule has 8 heteroatoms. The molecule has 1 heterocycles. The number of methoxy groups -OCH3 is 1. The smallest absolute Gasteiger partial charge is 0.323 e. The van der Waals surface area contributed by atoms with Crippen LogP contribution in [0.4, 0.5) is 4.79 Å². The number of nitrogens with zero attached hydrogens (tertiary/aromatic N) is 1. The molecule has 0 aliphatic carbocycles. The number of likely N-dealkylation sites (tertiary alicyclic amines) is 1. The Morgan fingerprint density at radius 3 is 2.68 bits per heavy atom. The maximum absolute atomic E-state index is 11.5. The maximum Gasteiger partial charge on any atom is 0.323 e. The summed E-state index contributed by atoms with van der Waals surface area (Å²) in [4.78, 5) is 35.5. The van der Waals surface area contributed by atoms with Crippen molar-refractivity contribution < 1.29 is 24.2 Å².